The Morgan fingerprint density at radius 3 is 2.14 bits per heavy atom. The first-order valence-corrected chi connectivity index (χ1v) is 10.6. The van der Waals surface area contributed by atoms with Gasteiger partial charge in [0.1, 0.15) is 6.54 Å². The molecule has 0 aliphatic carbocycles. The second-order valence-electron chi connectivity index (χ2n) is 7.30. The molecule has 9 heteroatoms. The first-order chi connectivity index (χ1) is 13.5. The molecular formula is C20H25ClN2O5S. The smallest absolute Gasteiger partial charge is 0.264 e. The van der Waals surface area contributed by atoms with Crippen molar-refractivity contribution in [2.75, 3.05) is 25.1 Å². The van der Waals surface area contributed by atoms with Gasteiger partial charge in [-0.3, -0.25) is 9.10 Å². The van der Waals surface area contributed by atoms with E-state index in [1.54, 1.807) is 24.3 Å². The molecule has 2 aromatic rings. The topological polar surface area (TPSA) is 84.9 Å². The summed E-state index contributed by atoms with van der Waals surface area (Å²) in [5.74, 6) is 0.232. The Kier molecular flexibility index (Phi) is 7.02. The number of rotatable bonds is 7. The number of carbonyl (C=O) groups is 1. The van der Waals surface area contributed by atoms with E-state index in [1.165, 1.54) is 32.4 Å². The third kappa shape index (κ3) is 5.77. The van der Waals surface area contributed by atoms with E-state index in [-0.39, 0.29) is 10.6 Å². The average molecular weight is 441 g/mol. The van der Waals surface area contributed by atoms with Crippen LogP contribution in [0.2, 0.25) is 5.02 Å². The summed E-state index contributed by atoms with van der Waals surface area (Å²) in [7, 11) is -1.20. The van der Waals surface area contributed by atoms with E-state index < -0.39 is 28.0 Å². The molecule has 1 N–H and O–H groups in total. The molecule has 0 atom stereocenters. The van der Waals surface area contributed by atoms with Crippen molar-refractivity contribution in [3.8, 4) is 11.5 Å². The quantitative estimate of drug-likeness (QED) is 0.712. The van der Waals surface area contributed by atoms with Crippen molar-refractivity contribution in [3.05, 3.63) is 47.5 Å². The van der Waals surface area contributed by atoms with Gasteiger partial charge in [-0.25, -0.2) is 8.42 Å². The van der Waals surface area contributed by atoms with Gasteiger partial charge in [-0.15, -0.1) is 0 Å². The molecule has 2 rings (SSSR count). The molecule has 0 saturated heterocycles. The van der Waals surface area contributed by atoms with Crippen LogP contribution in [0.3, 0.4) is 0 Å². The maximum atomic E-state index is 13.4. The van der Waals surface area contributed by atoms with Crippen molar-refractivity contribution in [3.63, 3.8) is 0 Å². The minimum atomic E-state index is -4.08. The van der Waals surface area contributed by atoms with Gasteiger partial charge in [-0.05, 0) is 57.2 Å². The Hall–Kier alpha value is -2.45. The average Bonchev–Trinajstić information content (AvgIpc) is 2.64. The van der Waals surface area contributed by atoms with Gasteiger partial charge in [0.2, 0.25) is 5.91 Å². The van der Waals surface area contributed by atoms with Crippen LogP contribution >= 0.6 is 11.6 Å². The first-order valence-electron chi connectivity index (χ1n) is 8.79. The van der Waals surface area contributed by atoms with Crippen LogP contribution in [0, 0.1) is 0 Å². The number of benzene rings is 2. The van der Waals surface area contributed by atoms with Crippen LogP contribution < -0.4 is 19.1 Å². The molecule has 0 heterocycles. The predicted octanol–water partition coefficient (Wildman–Crippen LogP) is 3.47. The number of halogens is 1. The van der Waals surface area contributed by atoms with Crippen molar-refractivity contribution in [1.82, 2.24) is 5.32 Å². The van der Waals surface area contributed by atoms with Crippen LogP contribution in [-0.4, -0.2) is 40.6 Å². The molecule has 0 aliphatic heterocycles. The van der Waals surface area contributed by atoms with E-state index in [1.807, 2.05) is 20.8 Å². The normalized spacial score (nSPS) is 11.7. The molecule has 158 valence electrons. The third-order valence-electron chi connectivity index (χ3n) is 3.86. The van der Waals surface area contributed by atoms with E-state index >= 15 is 0 Å². The molecule has 0 bridgehead atoms. The minimum absolute atomic E-state index is 0.0336. The zero-order valence-corrected chi connectivity index (χ0v) is 18.6. The standard InChI is InChI=1S/C20H25ClN2O5S/c1-20(2,3)22-19(24)13-23(15-8-6-14(21)7-9-15)29(25,26)16-10-11-17(27-4)18(12-16)28-5/h6-12H,13H2,1-5H3,(H,22,24). The van der Waals surface area contributed by atoms with Crippen molar-refractivity contribution in [2.45, 2.75) is 31.2 Å². The van der Waals surface area contributed by atoms with E-state index in [0.29, 0.717) is 16.5 Å². The lowest BCUT2D eigenvalue weighted by atomic mass is 10.1. The number of nitrogens with one attached hydrogen (secondary N) is 1. The molecule has 1 amide bonds. The highest BCUT2D eigenvalue weighted by Gasteiger charge is 2.29. The van der Waals surface area contributed by atoms with Crippen LogP contribution in [0.15, 0.2) is 47.4 Å². The number of anilines is 1. The number of hydrogen-bond acceptors (Lipinski definition) is 5. The number of methoxy groups -OCH3 is 2. The molecule has 0 aromatic heterocycles. The van der Waals surface area contributed by atoms with Gasteiger partial charge < -0.3 is 14.8 Å². The zero-order valence-electron chi connectivity index (χ0n) is 17.0. The van der Waals surface area contributed by atoms with Crippen molar-refractivity contribution in [1.29, 1.82) is 0 Å². The largest absolute Gasteiger partial charge is 0.493 e. The molecule has 0 saturated carbocycles. The maximum Gasteiger partial charge on any atom is 0.264 e. The van der Waals surface area contributed by atoms with E-state index in [2.05, 4.69) is 5.32 Å². The number of amides is 1. The molecule has 29 heavy (non-hydrogen) atoms. The maximum absolute atomic E-state index is 13.4. The summed E-state index contributed by atoms with van der Waals surface area (Å²) in [6.45, 7) is 5.07. The first kappa shape index (κ1) is 22.8. The van der Waals surface area contributed by atoms with Gasteiger partial charge in [0.25, 0.3) is 10.0 Å². The Morgan fingerprint density at radius 2 is 1.62 bits per heavy atom. The van der Waals surface area contributed by atoms with Crippen molar-refractivity contribution >= 4 is 33.2 Å². The Morgan fingerprint density at radius 1 is 1.03 bits per heavy atom. The molecule has 0 radical (unpaired) electrons. The highest BCUT2D eigenvalue weighted by atomic mass is 35.5. The SMILES string of the molecule is COc1ccc(S(=O)(=O)N(CC(=O)NC(C)(C)C)c2ccc(Cl)cc2)cc1OC. The van der Waals surface area contributed by atoms with Gasteiger partial charge in [0, 0.05) is 16.6 Å². The van der Waals surface area contributed by atoms with Crippen LogP contribution in [0.4, 0.5) is 5.69 Å². The van der Waals surface area contributed by atoms with Gasteiger partial charge in [0.05, 0.1) is 24.8 Å². The lowest BCUT2D eigenvalue weighted by molar-refractivity contribution is -0.121. The monoisotopic (exact) mass is 440 g/mol. The molecule has 0 spiro atoms. The van der Waals surface area contributed by atoms with Crippen molar-refractivity contribution in [2.24, 2.45) is 0 Å². The van der Waals surface area contributed by atoms with Crippen LogP contribution in [0.1, 0.15) is 20.8 Å². The van der Waals surface area contributed by atoms with E-state index in [4.69, 9.17) is 21.1 Å². The van der Waals surface area contributed by atoms with E-state index in [0.717, 1.165) is 4.31 Å². The summed E-state index contributed by atoms with van der Waals surface area (Å²) in [5.41, 5.74) is -0.191. The number of nitrogens with zero attached hydrogens (tertiary/aromatic N) is 1. The molecular weight excluding hydrogens is 416 g/mol. The highest BCUT2D eigenvalue weighted by Crippen LogP contribution is 2.32. The Bertz CT molecular complexity index is 969. The van der Waals surface area contributed by atoms with Crippen LogP contribution in [0.5, 0.6) is 11.5 Å². The number of ether oxygens (including phenoxy) is 2. The van der Waals surface area contributed by atoms with Crippen LogP contribution in [0.25, 0.3) is 0 Å². The molecule has 0 aliphatic rings. The number of sulfonamides is 1. The summed E-state index contributed by atoms with van der Waals surface area (Å²) in [4.78, 5) is 12.5. The summed E-state index contributed by atoms with van der Waals surface area (Å²) < 4.78 is 38.2. The van der Waals surface area contributed by atoms with Crippen molar-refractivity contribution < 1.29 is 22.7 Å². The van der Waals surface area contributed by atoms with Gasteiger partial charge in [-0.2, -0.15) is 0 Å². The van der Waals surface area contributed by atoms with E-state index in [9.17, 15) is 13.2 Å². The summed E-state index contributed by atoms with van der Waals surface area (Å²) in [6, 6.07) is 10.5. The summed E-state index contributed by atoms with van der Waals surface area (Å²) in [6.07, 6.45) is 0. The predicted molar refractivity (Wildman–Crippen MR) is 113 cm³/mol. The van der Waals surface area contributed by atoms with Gasteiger partial charge in [0.15, 0.2) is 11.5 Å². The number of carbonyl (C=O) groups excluding carboxylic acids is 1. The molecule has 2 aromatic carbocycles. The van der Waals surface area contributed by atoms with Crippen LogP contribution in [-0.2, 0) is 14.8 Å². The van der Waals surface area contributed by atoms with Gasteiger partial charge >= 0.3 is 0 Å². The fourth-order valence-corrected chi connectivity index (χ4v) is 4.18. The minimum Gasteiger partial charge on any atom is -0.493 e. The number of hydrogen-bond donors (Lipinski definition) is 1. The lowest BCUT2D eigenvalue weighted by Crippen LogP contribution is -2.47. The Labute approximate surface area is 176 Å². The fraction of sp³-hybridized carbons (Fsp3) is 0.350. The summed E-state index contributed by atoms with van der Waals surface area (Å²) >= 11 is 5.94. The Balaban J connectivity index is 2.51. The second kappa shape index (κ2) is 8.92. The summed E-state index contributed by atoms with van der Waals surface area (Å²) in [5, 5.41) is 3.23. The molecule has 0 fully saturated rings. The fourth-order valence-electron chi connectivity index (χ4n) is 2.61. The lowest BCUT2D eigenvalue weighted by Gasteiger charge is -2.27. The highest BCUT2D eigenvalue weighted by molar-refractivity contribution is 7.92. The third-order valence-corrected chi connectivity index (χ3v) is 5.88. The molecule has 7 nitrogen and oxygen atoms in total. The molecule has 0 unspecified atom stereocenters. The van der Waals surface area contributed by atoms with Gasteiger partial charge in [-0.1, -0.05) is 11.6 Å². The second-order valence-corrected chi connectivity index (χ2v) is 9.60. The zero-order chi connectivity index (χ0) is 21.8.